The Kier molecular flexibility index (Phi) is 6.70. The number of halogens is 1. The first-order valence-corrected chi connectivity index (χ1v) is 9.11. The van der Waals surface area contributed by atoms with Gasteiger partial charge in [-0.25, -0.2) is 0 Å². The van der Waals surface area contributed by atoms with Crippen LogP contribution in [0.1, 0.15) is 10.5 Å². The number of nitrogens with zero attached hydrogens (tertiary/aromatic N) is 2. The van der Waals surface area contributed by atoms with Crippen LogP contribution in [0.2, 0.25) is 5.02 Å². The predicted octanol–water partition coefficient (Wildman–Crippen LogP) is -6.15. The molecule has 14 heteroatoms. The molecule has 0 unspecified atom stereocenters. The molecule has 1 amide bonds. The second-order valence-electron chi connectivity index (χ2n) is 7.00. The molecular weight excluding hydrogens is 371 g/mol. The smallest absolute Gasteiger partial charge is 0.326 e. The van der Waals surface area contributed by atoms with Crippen LogP contribution in [0.25, 0.3) is 11.1 Å². The van der Waals surface area contributed by atoms with Crippen LogP contribution in [0.4, 0.5) is 0 Å². The first kappa shape index (κ1) is 22.1. The van der Waals surface area contributed by atoms with E-state index in [1.54, 1.807) is 21.8 Å². The largest absolute Gasteiger partial charge is 0.567 e. The van der Waals surface area contributed by atoms with Gasteiger partial charge >= 0.3 is 16.1 Å². The van der Waals surface area contributed by atoms with Crippen molar-refractivity contribution in [1.82, 2.24) is 9.79 Å². The van der Waals surface area contributed by atoms with E-state index in [1.807, 2.05) is 33.9 Å². The van der Waals surface area contributed by atoms with Gasteiger partial charge in [-0.2, -0.15) is 0 Å². The fourth-order valence-electron chi connectivity index (χ4n) is 3.10. The minimum Gasteiger partial charge on any atom is -0.567 e. The standard InChI is InChI=1S/C14H18B7ClN2O4/c15-8-7(5-2-1-3-6(22)4-5)11(16)23-9(10(8)27-20)12(25)24(19)14(17,18)13(26)28-21/h1-4H,15-21H2. The van der Waals surface area contributed by atoms with Crippen molar-refractivity contribution in [3.8, 4) is 16.9 Å². The van der Waals surface area contributed by atoms with Gasteiger partial charge in [0.05, 0.1) is 5.34 Å². The molecule has 28 heavy (non-hydrogen) atoms. The quantitative estimate of drug-likeness (QED) is 0.476. The molecule has 2 rings (SSSR count). The highest BCUT2D eigenvalue weighted by Gasteiger charge is 2.37. The van der Waals surface area contributed by atoms with Crippen LogP contribution in [0.5, 0.6) is 5.75 Å². The van der Waals surface area contributed by atoms with Gasteiger partial charge in [-0.05, 0) is 28.7 Å². The Balaban J connectivity index is 2.61. The Morgan fingerprint density at radius 3 is 2.36 bits per heavy atom. The van der Waals surface area contributed by atoms with E-state index in [-0.39, 0.29) is 5.69 Å². The topological polar surface area (TPSA) is 68.7 Å². The van der Waals surface area contributed by atoms with Crippen molar-refractivity contribution >= 4 is 90.0 Å². The van der Waals surface area contributed by atoms with Crippen LogP contribution in [0.15, 0.2) is 24.3 Å². The van der Waals surface area contributed by atoms with E-state index in [1.165, 1.54) is 28.9 Å². The summed E-state index contributed by atoms with van der Waals surface area (Å²) in [6.45, 7) is 0. The van der Waals surface area contributed by atoms with Gasteiger partial charge < -0.3 is 14.1 Å². The molecule has 1 aromatic carbocycles. The molecule has 2 aromatic rings. The normalized spacial score (nSPS) is 10.9. The SMILES string of the molecule is BOC(=O)C(B)(B)N(B)C(=O)c1nc(B)c(-c2cccc(Cl)c2)c(B)c1OB. The van der Waals surface area contributed by atoms with Crippen LogP contribution in [-0.2, 0) is 9.45 Å². The maximum absolute atomic E-state index is 13.2. The number of hydrogen-bond donors (Lipinski definition) is 0. The van der Waals surface area contributed by atoms with Gasteiger partial charge in [0, 0.05) is 10.6 Å². The zero-order chi connectivity index (χ0) is 21.2. The van der Waals surface area contributed by atoms with Crippen LogP contribution in [0, 0.1) is 0 Å². The third kappa shape index (κ3) is 3.99. The lowest BCUT2D eigenvalue weighted by Gasteiger charge is -2.35. The highest BCUT2D eigenvalue weighted by Crippen LogP contribution is 2.24. The Bertz CT molecular complexity index is 944. The lowest BCUT2D eigenvalue weighted by molar-refractivity contribution is -0.136. The van der Waals surface area contributed by atoms with E-state index in [4.69, 9.17) is 20.9 Å². The maximum atomic E-state index is 13.2. The summed E-state index contributed by atoms with van der Waals surface area (Å²) in [5, 5.41) is -0.554. The summed E-state index contributed by atoms with van der Waals surface area (Å²) in [6.07, 6.45) is 0. The molecule has 1 aromatic heterocycles. The molecule has 136 valence electrons. The maximum Gasteiger partial charge on any atom is 0.326 e. The molecular formula is C14H18B7ClN2O4. The summed E-state index contributed by atoms with van der Waals surface area (Å²) in [6, 6.07) is 7.42. The summed E-state index contributed by atoms with van der Waals surface area (Å²) in [7, 11) is 11.2. The van der Waals surface area contributed by atoms with Crippen molar-refractivity contribution in [2.24, 2.45) is 0 Å². The Labute approximate surface area is 176 Å². The van der Waals surface area contributed by atoms with Gasteiger partial charge in [0.25, 0.3) is 11.9 Å². The van der Waals surface area contributed by atoms with E-state index in [0.717, 1.165) is 16.6 Å². The number of carbonyl (C=O) groups excluding carboxylic acids is 2. The van der Waals surface area contributed by atoms with Crippen molar-refractivity contribution in [3.63, 3.8) is 0 Å². The van der Waals surface area contributed by atoms with E-state index in [0.29, 0.717) is 16.4 Å². The number of pyridine rings is 1. The van der Waals surface area contributed by atoms with Crippen LogP contribution < -0.4 is 15.7 Å². The van der Waals surface area contributed by atoms with Crippen molar-refractivity contribution in [3.05, 3.63) is 35.0 Å². The first-order valence-electron chi connectivity index (χ1n) is 8.73. The highest BCUT2D eigenvalue weighted by molar-refractivity contribution is 6.54. The number of rotatable bonds is 5. The molecule has 0 bridgehead atoms. The van der Waals surface area contributed by atoms with Crippen molar-refractivity contribution < 1.29 is 18.9 Å². The van der Waals surface area contributed by atoms with Crippen molar-refractivity contribution in [2.75, 3.05) is 0 Å². The molecule has 0 aliphatic rings. The number of carbonyl (C=O) groups is 2. The minimum absolute atomic E-state index is 0.141. The lowest BCUT2D eigenvalue weighted by atomic mass is 9.59. The van der Waals surface area contributed by atoms with Crippen LogP contribution >= 0.6 is 11.6 Å². The molecule has 0 aliphatic carbocycles. The van der Waals surface area contributed by atoms with Gasteiger partial charge in [0.15, 0.2) is 13.5 Å². The Morgan fingerprint density at radius 2 is 1.82 bits per heavy atom. The molecule has 0 saturated carbocycles. The molecule has 0 spiro atoms. The van der Waals surface area contributed by atoms with Gasteiger partial charge in [-0.15, -0.1) is 0 Å². The number of hydrogen-bond acceptors (Lipinski definition) is 5. The summed E-state index contributed by atoms with van der Waals surface area (Å²) >= 11 is 6.13. The number of aromatic nitrogens is 1. The van der Waals surface area contributed by atoms with Gasteiger partial charge in [-0.1, -0.05) is 23.7 Å². The van der Waals surface area contributed by atoms with E-state index < -0.39 is 17.2 Å². The average molecular weight is 389 g/mol. The summed E-state index contributed by atoms with van der Waals surface area (Å²) < 4.78 is 10.4. The van der Waals surface area contributed by atoms with Crippen molar-refractivity contribution in [2.45, 2.75) is 5.34 Å². The second kappa shape index (κ2) is 8.47. The first-order chi connectivity index (χ1) is 13.1. The predicted molar refractivity (Wildman–Crippen MR) is 129 cm³/mol. The highest BCUT2D eigenvalue weighted by atomic mass is 35.5. The summed E-state index contributed by atoms with van der Waals surface area (Å²) in [5.41, 5.74) is 3.31. The van der Waals surface area contributed by atoms with Gasteiger partial charge in [-0.3, -0.25) is 14.6 Å². The van der Waals surface area contributed by atoms with Crippen LogP contribution in [0.3, 0.4) is 0 Å². The van der Waals surface area contributed by atoms with Crippen molar-refractivity contribution in [1.29, 1.82) is 0 Å². The Morgan fingerprint density at radius 1 is 1.18 bits per heavy atom. The molecule has 0 atom stereocenters. The second-order valence-corrected chi connectivity index (χ2v) is 7.44. The van der Waals surface area contributed by atoms with E-state index in [2.05, 4.69) is 4.98 Å². The zero-order valence-corrected chi connectivity index (χ0v) is 18.0. The van der Waals surface area contributed by atoms with Gasteiger partial charge in [0.1, 0.15) is 29.3 Å². The monoisotopic (exact) mass is 390 g/mol. The average Bonchev–Trinajstić information content (AvgIpc) is 2.65. The fourth-order valence-corrected chi connectivity index (χ4v) is 3.29. The van der Waals surface area contributed by atoms with Gasteiger partial charge in [0.2, 0.25) is 7.98 Å². The third-order valence-electron chi connectivity index (χ3n) is 4.92. The number of amides is 1. The summed E-state index contributed by atoms with van der Waals surface area (Å²) in [4.78, 5) is 31.1. The molecule has 1 heterocycles. The van der Waals surface area contributed by atoms with Crippen LogP contribution in [-0.4, -0.2) is 82.5 Å². The molecule has 0 radical (unpaired) electrons. The molecule has 0 fully saturated rings. The van der Waals surface area contributed by atoms with E-state index in [9.17, 15) is 9.59 Å². The lowest BCUT2D eigenvalue weighted by Crippen LogP contribution is -2.58. The fraction of sp³-hybridized carbons (Fsp3) is 0.0714. The molecule has 0 saturated heterocycles. The zero-order valence-electron chi connectivity index (χ0n) is 17.2. The molecule has 0 N–H and O–H groups in total. The Hall–Kier alpha value is -2.15. The molecule has 6 nitrogen and oxygen atoms in total. The number of benzene rings is 1. The minimum atomic E-state index is -1.16. The third-order valence-corrected chi connectivity index (χ3v) is 5.16. The molecule has 0 aliphatic heterocycles. The summed E-state index contributed by atoms with van der Waals surface area (Å²) in [5.74, 6) is -0.597. The van der Waals surface area contributed by atoms with E-state index >= 15 is 0 Å².